The Morgan fingerprint density at radius 2 is 1.14 bits per heavy atom. The molecular weight excluding hydrogens is 519 g/mol. The standard InChI is InChI=1S/C24H28Cl2O10/c1-3-21(29)35-17(9-15(27)11-25)13-33-23(31)19-7-5-6-8-20(19)24(32)34-14-18(10-16(28)12-26)36-22(30)4-2/h3-8,15-18,27-28H,1-2,9-14H2. The highest BCUT2D eigenvalue weighted by molar-refractivity contribution is 6.18. The lowest BCUT2D eigenvalue weighted by Gasteiger charge is -2.20. The van der Waals surface area contributed by atoms with Crippen LogP contribution in [0.25, 0.3) is 0 Å². The normalized spacial score (nSPS) is 13.9. The molecule has 2 N–H and O–H groups in total. The first-order valence-corrected chi connectivity index (χ1v) is 11.8. The molecule has 0 fully saturated rings. The molecule has 0 aliphatic carbocycles. The van der Waals surface area contributed by atoms with E-state index >= 15 is 0 Å². The van der Waals surface area contributed by atoms with E-state index in [0.29, 0.717) is 0 Å². The highest BCUT2D eigenvalue weighted by Crippen LogP contribution is 2.15. The molecule has 0 bridgehead atoms. The zero-order valence-corrected chi connectivity index (χ0v) is 20.9. The van der Waals surface area contributed by atoms with Crippen LogP contribution in [0.5, 0.6) is 0 Å². The molecule has 0 heterocycles. The molecule has 4 atom stereocenters. The molecule has 0 amide bonds. The zero-order valence-electron chi connectivity index (χ0n) is 19.3. The topological polar surface area (TPSA) is 146 Å². The van der Waals surface area contributed by atoms with Gasteiger partial charge in [-0.15, -0.1) is 23.2 Å². The Bertz CT molecular complexity index is 847. The third kappa shape index (κ3) is 11.2. The Morgan fingerprint density at radius 3 is 1.44 bits per heavy atom. The predicted molar refractivity (Wildman–Crippen MR) is 130 cm³/mol. The molecule has 36 heavy (non-hydrogen) atoms. The second-order valence-corrected chi connectivity index (χ2v) is 7.97. The second-order valence-electron chi connectivity index (χ2n) is 7.36. The Balaban J connectivity index is 2.90. The van der Waals surface area contributed by atoms with Crippen LogP contribution in [-0.4, -0.2) is 83.5 Å². The molecular formula is C24H28Cl2O10. The van der Waals surface area contributed by atoms with E-state index in [0.717, 1.165) is 12.2 Å². The van der Waals surface area contributed by atoms with Gasteiger partial charge < -0.3 is 29.2 Å². The molecule has 0 saturated heterocycles. The summed E-state index contributed by atoms with van der Waals surface area (Å²) in [5.74, 6) is -3.67. The maximum absolute atomic E-state index is 12.7. The number of rotatable bonds is 16. The molecule has 4 unspecified atom stereocenters. The predicted octanol–water partition coefficient (Wildman–Crippen LogP) is 2.18. The molecule has 1 aromatic carbocycles. The van der Waals surface area contributed by atoms with Crippen molar-refractivity contribution in [1.29, 1.82) is 0 Å². The number of alkyl halides is 2. The van der Waals surface area contributed by atoms with Crippen LogP contribution in [0, 0.1) is 0 Å². The van der Waals surface area contributed by atoms with E-state index in [1.807, 2.05) is 0 Å². The quantitative estimate of drug-likeness (QED) is 0.137. The van der Waals surface area contributed by atoms with Gasteiger partial charge in [-0.05, 0) is 12.1 Å². The van der Waals surface area contributed by atoms with E-state index < -0.39 is 61.5 Å². The molecule has 0 aromatic heterocycles. The Labute approximate surface area is 218 Å². The monoisotopic (exact) mass is 546 g/mol. The highest BCUT2D eigenvalue weighted by atomic mass is 35.5. The van der Waals surface area contributed by atoms with Crippen molar-refractivity contribution in [2.75, 3.05) is 25.0 Å². The summed E-state index contributed by atoms with van der Waals surface area (Å²) in [7, 11) is 0. The van der Waals surface area contributed by atoms with Crippen LogP contribution in [0.4, 0.5) is 0 Å². The van der Waals surface area contributed by atoms with Gasteiger partial charge in [0.05, 0.1) is 23.3 Å². The summed E-state index contributed by atoms with van der Waals surface area (Å²) in [6.45, 7) is 5.72. The number of halogens is 2. The summed E-state index contributed by atoms with van der Waals surface area (Å²) in [4.78, 5) is 48.4. The van der Waals surface area contributed by atoms with E-state index in [1.165, 1.54) is 24.3 Å². The minimum absolute atomic E-state index is 0.0982. The number of aliphatic hydroxyl groups is 2. The van der Waals surface area contributed by atoms with E-state index in [1.54, 1.807) is 0 Å². The van der Waals surface area contributed by atoms with Gasteiger partial charge in [0.2, 0.25) is 0 Å². The minimum atomic E-state index is -1.02. The van der Waals surface area contributed by atoms with Crippen LogP contribution in [0.2, 0.25) is 0 Å². The van der Waals surface area contributed by atoms with Crippen molar-refractivity contribution in [2.45, 2.75) is 37.3 Å². The summed E-state index contributed by atoms with van der Waals surface area (Å²) in [5.41, 5.74) is -0.288. The summed E-state index contributed by atoms with van der Waals surface area (Å²) in [6.07, 6.45) is -2.43. The number of esters is 4. The van der Waals surface area contributed by atoms with Crippen LogP contribution < -0.4 is 0 Å². The number of benzene rings is 1. The Hall–Kier alpha value is -2.92. The molecule has 0 aliphatic rings. The molecule has 1 rings (SSSR count). The zero-order chi connectivity index (χ0) is 27.1. The van der Waals surface area contributed by atoms with Crippen molar-refractivity contribution >= 4 is 47.1 Å². The number of carbonyl (C=O) groups is 4. The van der Waals surface area contributed by atoms with Crippen LogP contribution in [0.1, 0.15) is 33.6 Å². The molecule has 0 saturated carbocycles. The number of ether oxygens (including phenoxy) is 4. The van der Waals surface area contributed by atoms with Crippen molar-refractivity contribution in [1.82, 2.24) is 0 Å². The molecule has 0 aliphatic heterocycles. The van der Waals surface area contributed by atoms with Gasteiger partial charge in [-0.1, -0.05) is 25.3 Å². The van der Waals surface area contributed by atoms with Crippen LogP contribution in [0.15, 0.2) is 49.6 Å². The molecule has 12 heteroatoms. The number of aliphatic hydroxyl groups excluding tert-OH is 2. The van der Waals surface area contributed by atoms with Gasteiger partial charge in [0.1, 0.15) is 25.4 Å². The van der Waals surface area contributed by atoms with E-state index in [2.05, 4.69) is 13.2 Å². The average molecular weight is 547 g/mol. The van der Waals surface area contributed by atoms with Crippen molar-refractivity contribution in [3.63, 3.8) is 0 Å². The van der Waals surface area contributed by atoms with Gasteiger partial charge in [0.25, 0.3) is 0 Å². The molecule has 1 aromatic rings. The van der Waals surface area contributed by atoms with Gasteiger partial charge in [-0.2, -0.15) is 0 Å². The van der Waals surface area contributed by atoms with Crippen molar-refractivity contribution in [3.05, 3.63) is 60.7 Å². The van der Waals surface area contributed by atoms with Crippen LogP contribution in [0.3, 0.4) is 0 Å². The fraction of sp³-hybridized carbons (Fsp3) is 0.417. The van der Waals surface area contributed by atoms with E-state index in [-0.39, 0.29) is 35.7 Å². The third-order valence-corrected chi connectivity index (χ3v) is 5.21. The molecule has 0 radical (unpaired) electrons. The first-order valence-electron chi connectivity index (χ1n) is 10.7. The number of carbonyl (C=O) groups excluding carboxylic acids is 4. The van der Waals surface area contributed by atoms with Crippen molar-refractivity contribution in [2.24, 2.45) is 0 Å². The summed E-state index contributed by atoms with van der Waals surface area (Å²) in [5, 5.41) is 19.5. The van der Waals surface area contributed by atoms with Crippen LogP contribution >= 0.6 is 23.2 Å². The molecule has 198 valence electrons. The highest BCUT2D eigenvalue weighted by Gasteiger charge is 2.25. The SMILES string of the molecule is C=CC(=O)OC(COC(=O)c1ccccc1C(=O)OCC(CC(O)CCl)OC(=O)C=C)CC(O)CCl. The van der Waals surface area contributed by atoms with Crippen molar-refractivity contribution < 1.29 is 48.3 Å². The lowest BCUT2D eigenvalue weighted by molar-refractivity contribution is -0.147. The number of hydrogen-bond donors (Lipinski definition) is 2. The van der Waals surface area contributed by atoms with E-state index in [9.17, 15) is 29.4 Å². The van der Waals surface area contributed by atoms with Gasteiger partial charge in [0.15, 0.2) is 0 Å². The average Bonchev–Trinajstić information content (AvgIpc) is 2.89. The molecule has 10 nitrogen and oxygen atoms in total. The third-order valence-electron chi connectivity index (χ3n) is 4.49. The first kappa shape index (κ1) is 31.1. The maximum Gasteiger partial charge on any atom is 0.339 e. The summed E-state index contributed by atoms with van der Waals surface area (Å²) in [6, 6.07) is 5.63. The smallest absolute Gasteiger partial charge is 0.339 e. The molecule has 0 spiro atoms. The van der Waals surface area contributed by atoms with E-state index in [4.69, 9.17) is 42.1 Å². The lowest BCUT2D eigenvalue weighted by atomic mass is 10.1. The van der Waals surface area contributed by atoms with Crippen LogP contribution in [-0.2, 0) is 28.5 Å². The Kier molecular flexibility index (Phi) is 14.4. The fourth-order valence-corrected chi connectivity index (χ4v) is 3.04. The minimum Gasteiger partial charge on any atom is -0.458 e. The summed E-state index contributed by atoms with van der Waals surface area (Å²) < 4.78 is 20.5. The summed E-state index contributed by atoms with van der Waals surface area (Å²) >= 11 is 11.2. The number of hydrogen-bond acceptors (Lipinski definition) is 10. The Morgan fingerprint density at radius 1 is 0.778 bits per heavy atom. The second kappa shape index (κ2) is 16.7. The van der Waals surface area contributed by atoms with Gasteiger partial charge in [0, 0.05) is 36.8 Å². The van der Waals surface area contributed by atoms with Gasteiger partial charge >= 0.3 is 23.9 Å². The van der Waals surface area contributed by atoms with Gasteiger partial charge in [-0.3, -0.25) is 0 Å². The largest absolute Gasteiger partial charge is 0.458 e. The lowest BCUT2D eigenvalue weighted by Crippen LogP contribution is -2.30. The van der Waals surface area contributed by atoms with Gasteiger partial charge in [-0.25, -0.2) is 19.2 Å². The maximum atomic E-state index is 12.7. The fourth-order valence-electron chi connectivity index (χ4n) is 2.79. The van der Waals surface area contributed by atoms with Crippen molar-refractivity contribution in [3.8, 4) is 0 Å². The first-order chi connectivity index (χ1) is 17.1.